The van der Waals surface area contributed by atoms with Gasteiger partial charge >= 0.3 is 0 Å². The Labute approximate surface area is 131 Å². The lowest BCUT2D eigenvalue weighted by atomic mass is 9.85. The number of benzene rings is 1. The zero-order valence-electron chi connectivity index (χ0n) is 13.0. The van der Waals surface area contributed by atoms with Gasteiger partial charge in [0.25, 0.3) is 0 Å². The van der Waals surface area contributed by atoms with Gasteiger partial charge in [-0.2, -0.15) is 0 Å². The van der Waals surface area contributed by atoms with E-state index in [1.165, 1.54) is 0 Å². The third-order valence-corrected chi connectivity index (χ3v) is 4.27. The standard InChI is InChI=1S/C17H25N3O2/c1-19-16(21)11-15(12-6-3-2-4-7-12)20-17(22)13-8-5-9-14(18)10-13/h2-4,6-7,13-15H,5,8-11,18H2,1H3,(H,19,21)(H,20,22)/t13-,14+,15?/m1/s1. The zero-order chi connectivity index (χ0) is 15.9. The first-order valence-electron chi connectivity index (χ1n) is 7.91. The molecule has 1 aromatic carbocycles. The molecule has 0 heterocycles. The Kier molecular flexibility index (Phi) is 5.95. The van der Waals surface area contributed by atoms with E-state index in [4.69, 9.17) is 5.73 Å². The number of carbonyl (C=O) groups is 2. The molecule has 0 aromatic heterocycles. The molecule has 5 heteroatoms. The summed E-state index contributed by atoms with van der Waals surface area (Å²) in [5.41, 5.74) is 6.91. The Morgan fingerprint density at radius 1 is 1.27 bits per heavy atom. The first-order chi connectivity index (χ1) is 10.6. The lowest BCUT2D eigenvalue weighted by molar-refractivity contribution is -0.127. The molecule has 1 aliphatic carbocycles. The molecule has 2 amide bonds. The Bertz CT molecular complexity index is 504. The van der Waals surface area contributed by atoms with Crippen molar-refractivity contribution in [3.63, 3.8) is 0 Å². The molecule has 3 atom stereocenters. The van der Waals surface area contributed by atoms with Crippen molar-refractivity contribution in [1.82, 2.24) is 10.6 Å². The van der Waals surface area contributed by atoms with Crippen LogP contribution in [0.2, 0.25) is 0 Å². The quantitative estimate of drug-likeness (QED) is 0.770. The first kappa shape index (κ1) is 16.5. The first-order valence-corrected chi connectivity index (χ1v) is 7.91. The number of carbonyl (C=O) groups excluding carboxylic acids is 2. The van der Waals surface area contributed by atoms with Crippen molar-refractivity contribution in [2.24, 2.45) is 11.7 Å². The molecule has 0 saturated heterocycles. The van der Waals surface area contributed by atoms with Crippen LogP contribution >= 0.6 is 0 Å². The van der Waals surface area contributed by atoms with Crippen molar-refractivity contribution in [3.05, 3.63) is 35.9 Å². The van der Waals surface area contributed by atoms with Crippen molar-refractivity contribution in [2.45, 2.75) is 44.2 Å². The monoisotopic (exact) mass is 303 g/mol. The Balaban J connectivity index is 2.05. The summed E-state index contributed by atoms with van der Waals surface area (Å²) in [7, 11) is 1.60. The van der Waals surface area contributed by atoms with Crippen LogP contribution in [-0.4, -0.2) is 24.9 Å². The second-order valence-electron chi connectivity index (χ2n) is 5.97. The van der Waals surface area contributed by atoms with Gasteiger partial charge in [-0.1, -0.05) is 36.8 Å². The van der Waals surface area contributed by atoms with Gasteiger partial charge in [0.05, 0.1) is 12.5 Å². The molecular formula is C17H25N3O2. The summed E-state index contributed by atoms with van der Waals surface area (Å²) < 4.78 is 0. The Hall–Kier alpha value is -1.88. The molecule has 4 N–H and O–H groups in total. The van der Waals surface area contributed by atoms with Gasteiger partial charge in [-0.05, 0) is 24.8 Å². The Morgan fingerprint density at radius 3 is 2.64 bits per heavy atom. The molecule has 1 unspecified atom stereocenters. The van der Waals surface area contributed by atoms with Crippen LogP contribution in [0.25, 0.3) is 0 Å². The average Bonchev–Trinajstić information content (AvgIpc) is 2.54. The van der Waals surface area contributed by atoms with Crippen LogP contribution in [0, 0.1) is 5.92 Å². The molecule has 2 rings (SSSR count). The average molecular weight is 303 g/mol. The highest BCUT2D eigenvalue weighted by Crippen LogP contribution is 2.25. The summed E-state index contributed by atoms with van der Waals surface area (Å²) in [6.07, 6.45) is 3.83. The topological polar surface area (TPSA) is 84.2 Å². The SMILES string of the molecule is CNC(=O)CC(NC(=O)[C@@H]1CCC[C@H](N)C1)c1ccccc1. The maximum absolute atomic E-state index is 12.5. The molecule has 0 spiro atoms. The lowest BCUT2D eigenvalue weighted by Crippen LogP contribution is -2.40. The summed E-state index contributed by atoms with van der Waals surface area (Å²) in [4.78, 5) is 24.2. The fourth-order valence-electron chi connectivity index (χ4n) is 2.98. The minimum absolute atomic E-state index is 0.00732. The van der Waals surface area contributed by atoms with E-state index in [0.29, 0.717) is 0 Å². The van der Waals surface area contributed by atoms with Crippen LogP contribution in [-0.2, 0) is 9.59 Å². The summed E-state index contributed by atoms with van der Waals surface area (Å²) in [5, 5.41) is 5.65. The molecule has 0 aliphatic heterocycles. The fraction of sp³-hybridized carbons (Fsp3) is 0.529. The van der Waals surface area contributed by atoms with Gasteiger partial charge < -0.3 is 16.4 Å². The summed E-state index contributed by atoms with van der Waals surface area (Å²) >= 11 is 0. The molecular weight excluding hydrogens is 278 g/mol. The minimum atomic E-state index is -0.299. The van der Waals surface area contributed by atoms with Crippen LogP contribution in [0.3, 0.4) is 0 Å². The van der Waals surface area contributed by atoms with Crippen molar-refractivity contribution in [1.29, 1.82) is 0 Å². The molecule has 1 fully saturated rings. The molecule has 1 saturated carbocycles. The van der Waals surface area contributed by atoms with Gasteiger partial charge in [-0.15, -0.1) is 0 Å². The zero-order valence-corrected chi connectivity index (χ0v) is 13.0. The van der Waals surface area contributed by atoms with E-state index in [1.54, 1.807) is 7.05 Å². The number of nitrogens with one attached hydrogen (secondary N) is 2. The summed E-state index contributed by atoms with van der Waals surface area (Å²) in [6.45, 7) is 0. The number of hydrogen-bond donors (Lipinski definition) is 3. The van der Waals surface area contributed by atoms with E-state index >= 15 is 0 Å². The molecule has 120 valence electrons. The third kappa shape index (κ3) is 4.56. The number of hydrogen-bond acceptors (Lipinski definition) is 3. The predicted octanol–water partition coefficient (Wildman–Crippen LogP) is 1.50. The second-order valence-corrected chi connectivity index (χ2v) is 5.97. The highest BCUT2D eigenvalue weighted by atomic mass is 16.2. The smallest absolute Gasteiger partial charge is 0.223 e. The highest BCUT2D eigenvalue weighted by Gasteiger charge is 2.27. The maximum atomic E-state index is 12.5. The summed E-state index contributed by atoms with van der Waals surface area (Å²) in [5.74, 6) is -0.123. The minimum Gasteiger partial charge on any atom is -0.359 e. The van der Waals surface area contributed by atoms with E-state index in [0.717, 1.165) is 31.2 Å². The van der Waals surface area contributed by atoms with Gasteiger partial charge in [0.1, 0.15) is 0 Å². The van der Waals surface area contributed by atoms with Gasteiger partial charge in [0.2, 0.25) is 11.8 Å². The Morgan fingerprint density at radius 2 is 2.00 bits per heavy atom. The maximum Gasteiger partial charge on any atom is 0.223 e. The number of amides is 2. The van der Waals surface area contributed by atoms with Crippen molar-refractivity contribution >= 4 is 11.8 Å². The lowest BCUT2D eigenvalue weighted by Gasteiger charge is -2.28. The second kappa shape index (κ2) is 7.94. The van der Waals surface area contributed by atoms with E-state index < -0.39 is 0 Å². The van der Waals surface area contributed by atoms with Crippen molar-refractivity contribution in [2.75, 3.05) is 7.05 Å². The van der Waals surface area contributed by atoms with Crippen LogP contribution < -0.4 is 16.4 Å². The van der Waals surface area contributed by atoms with Gasteiger partial charge in [0.15, 0.2) is 0 Å². The van der Waals surface area contributed by atoms with Gasteiger partial charge in [-0.25, -0.2) is 0 Å². The van der Waals surface area contributed by atoms with E-state index in [2.05, 4.69) is 10.6 Å². The third-order valence-electron chi connectivity index (χ3n) is 4.27. The number of rotatable bonds is 5. The van der Waals surface area contributed by atoms with Crippen LogP contribution in [0.5, 0.6) is 0 Å². The molecule has 1 aliphatic rings. The number of nitrogens with two attached hydrogens (primary N) is 1. The molecule has 22 heavy (non-hydrogen) atoms. The molecule has 0 radical (unpaired) electrons. The van der Waals surface area contributed by atoms with Crippen molar-refractivity contribution in [3.8, 4) is 0 Å². The normalized spacial score (nSPS) is 22.6. The summed E-state index contributed by atoms with van der Waals surface area (Å²) in [6, 6.07) is 9.41. The van der Waals surface area contributed by atoms with E-state index in [-0.39, 0.29) is 36.2 Å². The van der Waals surface area contributed by atoms with E-state index in [9.17, 15) is 9.59 Å². The van der Waals surface area contributed by atoms with E-state index in [1.807, 2.05) is 30.3 Å². The van der Waals surface area contributed by atoms with Crippen molar-refractivity contribution < 1.29 is 9.59 Å². The van der Waals surface area contributed by atoms with Crippen LogP contribution in [0.15, 0.2) is 30.3 Å². The van der Waals surface area contributed by atoms with Gasteiger partial charge in [-0.3, -0.25) is 9.59 Å². The van der Waals surface area contributed by atoms with Crippen LogP contribution in [0.4, 0.5) is 0 Å². The molecule has 1 aromatic rings. The molecule has 0 bridgehead atoms. The van der Waals surface area contributed by atoms with Crippen LogP contribution in [0.1, 0.15) is 43.7 Å². The highest BCUT2D eigenvalue weighted by molar-refractivity contribution is 5.81. The predicted molar refractivity (Wildman–Crippen MR) is 85.9 cm³/mol. The van der Waals surface area contributed by atoms with Gasteiger partial charge in [0, 0.05) is 19.0 Å². The molecule has 5 nitrogen and oxygen atoms in total. The fourth-order valence-corrected chi connectivity index (χ4v) is 2.98. The largest absolute Gasteiger partial charge is 0.359 e.